The summed E-state index contributed by atoms with van der Waals surface area (Å²) < 4.78 is 11.2. The molecular weight excluding hydrogens is 332 g/mol. The third-order valence-electron chi connectivity index (χ3n) is 5.86. The first-order valence-electron chi connectivity index (χ1n) is 9.33. The molecule has 6 heteroatoms. The number of likely N-dealkylation sites (tertiary alicyclic amines) is 1. The lowest BCUT2D eigenvalue weighted by molar-refractivity contribution is -0.0417. The molecule has 140 valence electrons. The summed E-state index contributed by atoms with van der Waals surface area (Å²) >= 11 is 0. The van der Waals surface area contributed by atoms with Gasteiger partial charge in [0.15, 0.2) is 0 Å². The lowest BCUT2D eigenvalue weighted by atomic mass is 9.75. The van der Waals surface area contributed by atoms with Crippen molar-refractivity contribution in [1.29, 1.82) is 0 Å². The third kappa shape index (κ3) is 3.13. The maximum absolute atomic E-state index is 12.5. The fourth-order valence-electron chi connectivity index (χ4n) is 4.38. The molecular formula is C20H26N2O4. The molecule has 1 aromatic carbocycles. The minimum absolute atomic E-state index is 0.0502. The molecule has 3 heterocycles. The lowest BCUT2D eigenvalue weighted by Gasteiger charge is -2.36. The summed E-state index contributed by atoms with van der Waals surface area (Å²) in [6.07, 6.45) is 0.885. The van der Waals surface area contributed by atoms with E-state index < -0.39 is 0 Å². The topological polar surface area (TPSA) is 74.8 Å². The summed E-state index contributed by atoms with van der Waals surface area (Å²) in [5.74, 6) is 1.15. The quantitative estimate of drug-likeness (QED) is 0.852. The number of aliphatic hydroxyl groups is 1. The van der Waals surface area contributed by atoms with Crippen LogP contribution >= 0.6 is 0 Å². The standard InChI is InChI=1S/C20H26N2O4/c1-2-26-17-3-4-18-14(8-17)7-15(19(24)21-18)9-22-10-16-11-25-6-5-20(16,12-22)13-23/h3-4,7-8,16,23H,2,5-6,9-13H2,1H3,(H,21,24)/t16-,20-/m1/s1. The third-order valence-corrected chi connectivity index (χ3v) is 5.86. The average Bonchev–Trinajstić information content (AvgIpc) is 3.01. The molecule has 4 rings (SSSR count). The summed E-state index contributed by atoms with van der Waals surface area (Å²) in [4.78, 5) is 17.8. The number of benzene rings is 1. The maximum Gasteiger partial charge on any atom is 0.252 e. The molecule has 0 radical (unpaired) electrons. The molecule has 6 nitrogen and oxygen atoms in total. The number of hydrogen-bond donors (Lipinski definition) is 2. The minimum atomic E-state index is -0.0794. The van der Waals surface area contributed by atoms with Gasteiger partial charge in [-0.25, -0.2) is 0 Å². The van der Waals surface area contributed by atoms with Crippen LogP contribution in [0.4, 0.5) is 0 Å². The molecule has 0 unspecified atom stereocenters. The van der Waals surface area contributed by atoms with Crippen LogP contribution < -0.4 is 10.3 Å². The van der Waals surface area contributed by atoms with Crippen LogP contribution in [0.1, 0.15) is 18.9 Å². The highest BCUT2D eigenvalue weighted by atomic mass is 16.5. The molecule has 1 aromatic heterocycles. The monoisotopic (exact) mass is 358 g/mol. The number of aliphatic hydroxyl groups excluding tert-OH is 1. The Morgan fingerprint density at radius 3 is 3.08 bits per heavy atom. The molecule has 0 aliphatic carbocycles. The van der Waals surface area contributed by atoms with E-state index >= 15 is 0 Å². The second kappa shape index (κ2) is 7.02. The molecule has 2 fully saturated rings. The van der Waals surface area contributed by atoms with Crippen molar-refractivity contribution in [3.8, 4) is 5.75 Å². The van der Waals surface area contributed by atoms with Crippen molar-refractivity contribution in [2.24, 2.45) is 11.3 Å². The Bertz CT molecular complexity index is 849. The Hall–Kier alpha value is -1.89. The first kappa shape index (κ1) is 17.5. The summed E-state index contributed by atoms with van der Waals surface area (Å²) in [6, 6.07) is 7.68. The fraction of sp³-hybridized carbons (Fsp3) is 0.550. The van der Waals surface area contributed by atoms with Crippen molar-refractivity contribution in [3.63, 3.8) is 0 Å². The highest BCUT2D eigenvalue weighted by Crippen LogP contribution is 2.42. The summed E-state index contributed by atoms with van der Waals surface area (Å²) in [7, 11) is 0. The average molecular weight is 358 g/mol. The molecule has 0 spiro atoms. The van der Waals surface area contributed by atoms with Gasteiger partial charge in [-0.05, 0) is 37.6 Å². The minimum Gasteiger partial charge on any atom is -0.494 e. The van der Waals surface area contributed by atoms with Crippen LogP contribution in [0.3, 0.4) is 0 Å². The van der Waals surface area contributed by atoms with Gasteiger partial charge in [-0.2, -0.15) is 0 Å². The molecule has 0 bridgehead atoms. The van der Waals surface area contributed by atoms with Gasteiger partial charge in [0.2, 0.25) is 0 Å². The summed E-state index contributed by atoms with van der Waals surface area (Å²) in [5.41, 5.74) is 1.44. The Morgan fingerprint density at radius 1 is 1.42 bits per heavy atom. The number of aromatic amines is 1. The van der Waals surface area contributed by atoms with Gasteiger partial charge in [0.25, 0.3) is 5.56 Å². The fourth-order valence-corrected chi connectivity index (χ4v) is 4.38. The number of ether oxygens (including phenoxy) is 2. The van der Waals surface area contributed by atoms with Crippen molar-refractivity contribution in [3.05, 3.63) is 40.2 Å². The van der Waals surface area contributed by atoms with Crippen molar-refractivity contribution in [2.75, 3.05) is 39.5 Å². The van der Waals surface area contributed by atoms with Crippen LogP contribution in [-0.4, -0.2) is 54.5 Å². The van der Waals surface area contributed by atoms with Gasteiger partial charge in [-0.1, -0.05) is 0 Å². The zero-order valence-electron chi connectivity index (χ0n) is 15.2. The summed E-state index contributed by atoms with van der Waals surface area (Å²) in [6.45, 7) is 6.42. The van der Waals surface area contributed by atoms with Gasteiger partial charge < -0.3 is 19.6 Å². The number of nitrogens with one attached hydrogen (secondary N) is 1. The highest BCUT2D eigenvalue weighted by Gasteiger charge is 2.47. The van der Waals surface area contributed by atoms with E-state index in [-0.39, 0.29) is 17.6 Å². The molecule has 2 atom stereocenters. The number of rotatable bonds is 5. The van der Waals surface area contributed by atoms with Crippen molar-refractivity contribution < 1.29 is 14.6 Å². The molecule has 2 aliphatic heterocycles. The van der Waals surface area contributed by atoms with Crippen LogP contribution in [0, 0.1) is 11.3 Å². The first-order valence-corrected chi connectivity index (χ1v) is 9.33. The zero-order chi connectivity index (χ0) is 18.1. The van der Waals surface area contributed by atoms with Crippen LogP contribution in [0.5, 0.6) is 5.75 Å². The number of nitrogens with zero attached hydrogens (tertiary/aromatic N) is 1. The van der Waals surface area contributed by atoms with Crippen LogP contribution in [0.25, 0.3) is 10.9 Å². The normalized spacial score (nSPS) is 26.2. The molecule has 2 aromatic rings. The SMILES string of the molecule is CCOc1ccc2[nH]c(=O)c(CN3C[C@@H]4COCC[C@]4(CO)C3)cc2c1. The largest absolute Gasteiger partial charge is 0.494 e. The van der Waals surface area contributed by atoms with Crippen LogP contribution in [-0.2, 0) is 11.3 Å². The molecule has 26 heavy (non-hydrogen) atoms. The van der Waals surface area contributed by atoms with E-state index in [1.54, 1.807) is 0 Å². The number of aromatic nitrogens is 1. The van der Waals surface area contributed by atoms with E-state index in [4.69, 9.17) is 9.47 Å². The molecule has 0 amide bonds. The molecule has 2 saturated heterocycles. The van der Waals surface area contributed by atoms with E-state index in [9.17, 15) is 9.90 Å². The van der Waals surface area contributed by atoms with Gasteiger partial charge in [-0.15, -0.1) is 0 Å². The number of hydrogen-bond acceptors (Lipinski definition) is 5. The Kier molecular flexibility index (Phi) is 4.73. The second-order valence-corrected chi connectivity index (χ2v) is 7.52. The van der Waals surface area contributed by atoms with Crippen molar-refractivity contribution in [2.45, 2.75) is 19.9 Å². The predicted octanol–water partition coefficient (Wildman–Crippen LogP) is 1.76. The van der Waals surface area contributed by atoms with E-state index in [1.807, 2.05) is 31.2 Å². The molecule has 2 N–H and O–H groups in total. The first-order chi connectivity index (χ1) is 12.6. The van der Waals surface area contributed by atoms with Gasteiger partial charge >= 0.3 is 0 Å². The van der Waals surface area contributed by atoms with Crippen LogP contribution in [0.15, 0.2) is 29.1 Å². The smallest absolute Gasteiger partial charge is 0.252 e. The van der Waals surface area contributed by atoms with Crippen LogP contribution in [0.2, 0.25) is 0 Å². The number of fused-ring (bicyclic) bond motifs is 2. The van der Waals surface area contributed by atoms with Crippen molar-refractivity contribution in [1.82, 2.24) is 9.88 Å². The molecule has 2 aliphatic rings. The second-order valence-electron chi connectivity index (χ2n) is 7.52. The van der Waals surface area contributed by atoms with Gasteiger partial charge in [0.05, 0.1) is 19.8 Å². The van der Waals surface area contributed by atoms with Gasteiger partial charge in [0, 0.05) is 54.0 Å². The van der Waals surface area contributed by atoms with Gasteiger partial charge in [-0.3, -0.25) is 9.69 Å². The lowest BCUT2D eigenvalue weighted by Crippen LogP contribution is -2.41. The Labute approximate surface area is 152 Å². The summed E-state index contributed by atoms with van der Waals surface area (Å²) in [5, 5.41) is 10.9. The number of pyridine rings is 1. The maximum atomic E-state index is 12.5. The molecule has 0 saturated carbocycles. The zero-order valence-corrected chi connectivity index (χ0v) is 15.2. The van der Waals surface area contributed by atoms with Gasteiger partial charge in [0.1, 0.15) is 5.75 Å². The number of H-pyrrole nitrogens is 1. The van der Waals surface area contributed by atoms with E-state index in [0.717, 1.165) is 41.7 Å². The predicted molar refractivity (Wildman–Crippen MR) is 99.5 cm³/mol. The van der Waals surface area contributed by atoms with Crippen molar-refractivity contribution >= 4 is 10.9 Å². The Balaban J connectivity index is 1.58. The van der Waals surface area contributed by atoms with E-state index in [1.165, 1.54) is 0 Å². The van der Waals surface area contributed by atoms with E-state index in [0.29, 0.717) is 32.3 Å². The van der Waals surface area contributed by atoms with E-state index in [2.05, 4.69) is 9.88 Å². The Morgan fingerprint density at radius 2 is 2.31 bits per heavy atom. The highest BCUT2D eigenvalue weighted by molar-refractivity contribution is 5.80.